The molecule has 2 heterocycles. The van der Waals surface area contributed by atoms with Crippen LogP contribution >= 0.6 is 0 Å². The fraction of sp³-hybridized carbons (Fsp3) is 0.0588. The molecular formula is C17H10F3N5. The number of aromatic nitrogens is 4. The van der Waals surface area contributed by atoms with Gasteiger partial charge in [-0.05, 0) is 29.8 Å². The topological polar surface area (TPSA) is 78.2 Å². The molecule has 0 bridgehead atoms. The number of H-pyrrole nitrogens is 1. The number of aromatic amines is 1. The second-order valence-electron chi connectivity index (χ2n) is 5.07. The van der Waals surface area contributed by atoms with Crippen LogP contribution in [0.2, 0.25) is 0 Å². The van der Waals surface area contributed by atoms with Gasteiger partial charge in [-0.25, -0.2) is 0 Å². The Morgan fingerprint density at radius 3 is 2.72 bits per heavy atom. The summed E-state index contributed by atoms with van der Waals surface area (Å²) in [4.78, 5) is 3.91. The third-order valence-electron chi connectivity index (χ3n) is 3.38. The van der Waals surface area contributed by atoms with Crippen LogP contribution < -0.4 is 0 Å². The van der Waals surface area contributed by atoms with E-state index in [1.54, 1.807) is 30.3 Å². The van der Waals surface area contributed by atoms with E-state index in [1.165, 1.54) is 6.08 Å². The van der Waals surface area contributed by atoms with Crippen molar-refractivity contribution in [3.8, 4) is 17.3 Å². The maximum Gasteiger partial charge on any atom is 0.416 e. The van der Waals surface area contributed by atoms with Crippen LogP contribution in [0.15, 0.2) is 42.6 Å². The average molecular weight is 341 g/mol. The Bertz CT molecular complexity index is 967. The first-order valence-electron chi connectivity index (χ1n) is 7.10. The number of alkyl halides is 3. The summed E-state index contributed by atoms with van der Waals surface area (Å²) in [5, 5.41) is 18.9. The van der Waals surface area contributed by atoms with Crippen LogP contribution in [-0.4, -0.2) is 20.4 Å². The highest BCUT2D eigenvalue weighted by atomic mass is 19.4. The fourth-order valence-corrected chi connectivity index (χ4v) is 2.20. The number of nitrogens with zero attached hydrogens (tertiary/aromatic N) is 4. The molecule has 5 nitrogen and oxygen atoms in total. The van der Waals surface area contributed by atoms with Crippen LogP contribution in [0, 0.1) is 11.3 Å². The van der Waals surface area contributed by atoms with E-state index in [0.717, 1.165) is 23.9 Å². The monoisotopic (exact) mass is 341 g/mol. The number of halogens is 3. The van der Waals surface area contributed by atoms with Gasteiger partial charge in [0.25, 0.3) is 0 Å². The van der Waals surface area contributed by atoms with Gasteiger partial charge in [0.05, 0.1) is 11.3 Å². The van der Waals surface area contributed by atoms with Crippen molar-refractivity contribution in [2.75, 3.05) is 0 Å². The SMILES string of the molecule is N#Cc1nn[nH]c1-c1cccc(C=Cc2cc(C(F)(F)F)ccn2)c1. The number of nitriles is 1. The summed E-state index contributed by atoms with van der Waals surface area (Å²) >= 11 is 0. The predicted octanol–water partition coefficient (Wildman–Crippen LogP) is 3.93. The predicted molar refractivity (Wildman–Crippen MR) is 84.7 cm³/mol. The zero-order chi connectivity index (χ0) is 17.9. The first kappa shape index (κ1) is 16.4. The van der Waals surface area contributed by atoms with E-state index < -0.39 is 11.7 Å². The molecule has 0 aliphatic rings. The third-order valence-corrected chi connectivity index (χ3v) is 3.38. The maximum absolute atomic E-state index is 12.7. The molecule has 124 valence electrons. The van der Waals surface area contributed by atoms with Gasteiger partial charge in [0.2, 0.25) is 0 Å². The quantitative estimate of drug-likeness (QED) is 0.783. The first-order chi connectivity index (χ1) is 12.0. The van der Waals surface area contributed by atoms with Crippen molar-refractivity contribution in [2.24, 2.45) is 0 Å². The van der Waals surface area contributed by atoms with E-state index in [0.29, 0.717) is 11.3 Å². The summed E-state index contributed by atoms with van der Waals surface area (Å²) in [6.45, 7) is 0. The van der Waals surface area contributed by atoms with Crippen LogP contribution in [0.5, 0.6) is 0 Å². The number of rotatable bonds is 3. The summed E-state index contributed by atoms with van der Waals surface area (Å²) < 4.78 is 38.2. The lowest BCUT2D eigenvalue weighted by molar-refractivity contribution is -0.137. The lowest BCUT2D eigenvalue weighted by Crippen LogP contribution is -2.05. The van der Waals surface area contributed by atoms with E-state index in [1.807, 2.05) is 6.07 Å². The first-order valence-corrected chi connectivity index (χ1v) is 7.10. The molecule has 0 saturated carbocycles. The van der Waals surface area contributed by atoms with Gasteiger partial charge in [-0.1, -0.05) is 29.5 Å². The van der Waals surface area contributed by atoms with Gasteiger partial charge in [-0.15, -0.1) is 5.10 Å². The highest BCUT2D eigenvalue weighted by Gasteiger charge is 2.30. The minimum absolute atomic E-state index is 0.167. The van der Waals surface area contributed by atoms with Crippen molar-refractivity contribution >= 4 is 12.2 Å². The molecule has 0 saturated heterocycles. The zero-order valence-electron chi connectivity index (χ0n) is 12.6. The molecule has 0 aliphatic carbocycles. The molecular weight excluding hydrogens is 331 g/mol. The van der Waals surface area contributed by atoms with E-state index >= 15 is 0 Å². The Balaban J connectivity index is 1.88. The summed E-state index contributed by atoms with van der Waals surface area (Å²) in [5.74, 6) is 0. The van der Waals surface area contributed by atoms with Crippen LogP contribution in [0.4, 0.5) is 13.2 Å². The number of nitrogens with one attached hydrogen (secondary N) is 1. The Kier molecular flexibility index (Phi) is 4.31. The fourth-order valence-electron chi connectivity index (χ4n) is 2.20. The van der Waals surface area contributed by atoms with Crippen LogP contribution in [-0.2, 0) is 6.18 Å². The third kappa shape index (κ3) is 3.72. The lowest BCUT2D eigenvalue weighted by Gasteiger charge is -2.06. The normalized spacial score (nSPS) is 11.6. The van der Waals surface area contributed by atoms with Crippen LogP contribution in [0.1, 0.15) is 22.5 Å². The molecule has 0 amide bonds. The molecule has 0 atom stereocenters. The largest absolute Gasteiger partial charge is 0.416 e. The molecule has 0 radical (unpaired) electrons. The number of benzene rings is 1. The summed E-state index contributed by atoms with van der Waals surface area (Å²) in [5.41, 5.74) is 1.52. The van der Waals surface area contributed by atoms with Gasteiger partial charge in [0.15, 0.2) is 5.69 Å². The van der Waals surface area contributed by atoms with Crippen molar-refractivity contribution in [1.82, 2.24) is 20.4 Å². The summed E-state index contributed by atoms with van der Waals surface area (Å²) in [7, 11) is 0. The van der Waals surface area contributed by atoms with Crippen molar-refractivity contribution in [2.45, 2.75) is 6.18 Å². The molecule has 25 heavy (non-hydrogen) atoms. The molecule has 1 aromatic carbocycles. The van der Waals surface area contributed by atoms with Crippen molar-refractivity contribution in [1.29, 1.82) is 5.26 Å². The number of pyridine rings is 1. The molecule has 8 heteroatoms. The Morgan fingerprint density at radius 2 is 1.96 bits per heavy atom. The molecule has 3 aromatic rings. The van der Waals surface area contributed by atoms with Crippen molar-refractivity contribution in [3.63, 3.8) is 0 Å². The molecule has 3 rings (SSSR count). The smallest absolute Gasteiger partial charge is 0.257 e. The van der Waals surface area contributed by atoms with Crippen LogP contribution in [0.3, 0.4) is 0 Å². The highest BCUT2D eigenvalue weighted by Crippen LogP contribution is 2.29. The minimum atomic E-state index is -4.41. The average Bonchev–Trinajstić information content (AvgIpc) is 3.08. The Morgan fingerprint density at radius 1 is 1.12 bits per heavy atom. The van der Waals surface area contributed by atoms with Gasteiger partial charge in [0.1, 0.15) is 11.8 Å². The second-order valence-corrected chi connectivity index (χ2v) is 5.07. The number of hydrogen-bond acceptors (Lipinski definition) is 4. The van der Waals surface area contributed by atoms with Gasteiger partial charge in [-0.2, -0.15) is 18.4 Å². The Hall–Kier alpha value is -3.47. The molecule has 2 aromatic heterocycles. The van der Waals surface area contributed by atoms with Gasteiger partial charge < -0.3 is 0 Å². The second kappa shape index (κ2) is 6.57. The van der Waals surface area contributed by atoms with E-state index in [9.17, 15) is 13.2 Å². The molecule has 0 unspecified atom stereocenters. The van der Waals surface area contributed by atoms with Gasteiger partial charge >= 0.3 is 6.18 Å². The van der Waals surface area contributed by atoms with Gasteiger partial charge in [0, 0.05) is 11.8 Å². The van der Waals surface area contributed by atoms with Gasteiger partial charge in [-0.3, -0.25) is 10.1 Å². The van der Waals surface area contributed by atoms with E-state index in [4.69, 9.17) is 5.26 Å². The minimum Gasteiger partial charge on any atom is -0.257 e. The molecule has 1 N–H and O–H groups in total. The lowest BCUT2D eigenvalue weighted by atomic mass is 10.1. The summed E-state index contributed by atoms with van der Waals surface area (Å²) in [6, 6.07) is 10.9. The maximum atomic E-state index is 12.7. The highest BCUT2D eigenvalue weighted by molar-refractivity contribution is 5.73. The van der Waals surface area contributed by atoms with Crippen LogP contribution in [0.25, 0.3) is 23.4 Å². The van der Waals surface area contributed by atoms with E-state index in [-0.39, 0.29) is 11.4 Å². The molecule has 0 fully saturated rings. The van der Waals surface area contributed by atoms with Crippen molar-refractivity contribution < 1.29 is 13.2 Å². The standard InChI is InChI=1S/C17H10F3N5/c18-17(19,20)13-6-7-22-14(9-13)5-4-11-2-1-3-12(8-11)16-15(10-21)23-25-24-16/h1-9H,(H,23,24,25). The Labute approximate surface area is 140 Å². The van der Waals surface area contributed by atoms with Crippen molar-refractivity contribution in [3.05, 3.63) is 65.1 Å². The zero-order valence-corrected chi connectivity index (χ0v) is 12.6. The molecule has 0 aliphatic heterocycles. The molecule has 0 spiro atoms. The summed E-state index contributed by atoms with van der Waals surface area (Å²) in [6.07, 6.45) is -0.159. The number of hydrogen-bond donors (Lipinski definition) is 1. The van der Waals surface area contributed by atoms with E-state index in [2.05, 4.69) is 20.4 Å².